The molecule has 1 saturated carbocycles. The molecule has 0 aliphatic heterocycles. The maximum atomic E-state index is 12.0. The first kappa shape index (κ1) is 22.6. The van der Waals surface area contributed by atoms with Crippen molar-refractivity contribution in [2.75, 3.05) is 6.61 Å². The molecule has 0 spiro atoms. The lowest BCUT2D eigenvalue weighted by atomic mass is 9.84. The van der Waals surface area contributed by atoms with Crippen LogP contribution in [0.15, 0.2) is 47.6 Å². The molecule has 0 bridgehead atoms. The van der Waals surface area contributed by atoms with Crippen LogP contribution in [0.25, 0.3) is 0 Å². The number of carbonyl (C=O) groups excluding carboxylic acids is 1. The zero-order chi connectivity index (χ0) is 21.3. The highest BCUT2D eigenvalue weighted by Crippen LogP contribution is 2.32. The van der Waals surface area contributed by atoms with E-state index in [1.807, 2.05) is 6.92 Å². The molecule has 1 aliphatic rings. The number of carbonyl (C=O) groups is 1. The summed E-state index contributed by atoms with van der Waals surface area (Å²) < 4.78 is 5.59. The number of halogens is 2. The predicted octanol–water partition coefficient (Wildman–Crippen LogP) is 6.74. The fourth-order valence-corrected chi connectivity index (χ4v) is 4.17. The number of amides is 1. The van der Waals surface area contributed by atoms with Gasteiger partial charge in [-0.1, -0.05) is 66.7 Å². The van der Waals surface area contributed by atoms with Crippen molar-refractivity contribution < 1.29 is 9.53 Å². The van der Waals surface area contributed by atoms with Crippen LogP contribution in [0.3, 0.4) is 0 Å². The molecule has 0 saturated heterocycles. The maximum Gasteiger partial charge on any atom is 0.240 e. The Kier molecular flexibility index (Phi) is 8.59. The first-order chi connectivity index (χ1) is 14.5. The molecule has 1 amide bonds. The molecule has 30 heavy (non-hydrogen) atoms. The SMILES string of the molecule is C/C(=N/NC(=O)CCCOc1ccc(Cl)cc1Cl)c1ccc(C2CCCCC2)cc1. The Balaban J connectivity index is 1.41. The van der Waals surface area contributed by atoms with E-state index in [-0.39, 0.29) is 5.91 Å². The summed E-state index contributed by atoms with van der Waals surface area (Å²) >= 11 is 11.9. The van der Waals surface area contributed by atoms with Crippen molar-refractivity contribution in [3.63, 3.8) is 0 Å². The molecule has 2 aromatic rings. The second kappa shape index (κ2) is 11.4. The fourth-order valence-electron chi connectivity index (χ4n) is 3.71. The Hall–Kier alpha value is -2.04. The number of hydrogen-bond acceptors (Lipinski definition) is 3. The quantitative estimate of drug-likeness (QED) is 0.277. The van der Waals surface area contributed by atoms with E-state index in [0.29, 0.717) is 41.2 Å². The maximum absolute atomic E-state index is 12.0. The Morgan fingerprint density at radius 2 is 1.83 bits per heavy atom. The topological polar surface area (TPSA) is 50.7 Å². The molecule has 3 rings (SSSR count). The van der Waals surface area contributed by atoms with Crippen molar-refractivity contribution >= 4 is 34.8 Å². The zero-order valence-electron chi connectivity index (χ0n) is 17.3. The summed E-state index contributed by atoms with van der Waals surface area (Å²) in [6.45, 7) is 2.29. The summed E-state index contributed by atoms with van der Waals surface area (Å²) in [4.78, 5) is 12.0. The Labute approximate surface area is 188 Å². The molecular weight excluding hydrogens is 419 g/mol. The zero-order valence-corrected chi connectivity index (χ0v) is 18.8. The third-order valence-corrected chi connectivity index (χ3v) is 5.98. The number of hydrazone groups is 1. The first-order valence-electron chi connectivity index (χ1n) is 10.5. The molecule has 4 nitrogen and oxygen atoms in total. The summed E-state index contributed by atoms with van der Waals surface area (Å²) in [6, 6.07) is 13.7. The highest BCUT2D eigenvalue weighted by atomic mass is 35.5. The van der Waals surface area contributed by atoms with E-state index in [1.165, 1.54) is 37.7 Å². The lowest BCUT2D eigenvalue weighted by Gasteiger charge is -2.22. The lowest BCUT2D eigenvalue weighted by Crippen LogP contribution is -2.19. The minimum atomic E-state index is -0.140. The van der Waals surface area contributed by atoms with Crippen LogP contribution >= 0.6 is 23.2 Å². The molecule has 0 atom stereocenters. The second-order valence-corrected chi connectivity index (χ2v) is 8.56. The third-order valence-electron chi connectivity index (χ3n) is 5.45. The van der Waals surface area contributed by atoms with Gasteiger partial charge in [0.05, 0.1) is 17.3 Å². The van der Waals surface area contributed by atoms with Crippen LogP contribution in [0.5, 0.6) is 5.75 Å². The lowest BCUT2D eigenvalue weighted by molar-refractivity contribution is -0.121. The number of ether oxygens (including phenoxy) is 1. The smallest absolute Gasteiger partial charge is 0.240 e. The van der Waals surface area contributed by atoms with Gasteiger partial charge >= 0.3 is 0 Å². The summed E-state index contributed by atoms with van der Waals surface area (Å²) in [5.41, 5.74) is 5.86. The van der Waals surface area contributed by atoms with Crippen molar-refractivity contribution in [1.82, 2.24) is 5.43 Å². The predicted molar refractivity (Wildman–Crippen MR) is 124 cm³/mol. The van der Waals surface area contributed by atoms with Gasteiger partial charge in [-0.3, -0.25) is 4.79 Å². The van der Waals surface area contributed by atoms with Crippen molar-refractivity contribution in [3.05, 3.63) is 63.6 Å². The summed E-state index contributed by atoms with van der Waals surface area (Å²) in [6.07, 6.45) is 7.49. The Bertz CT molecular complexity index is 875. The van der Waals surface area contributed by atoms with Gasteiger partial charge in [-0.2, -0.15) is 5.10 Å². The van der Waals surface area contributed by atoms with Crippen LogP contribution < -0.4 is 10.2 Å². The Morgan fingerprint density at radius 1 is 1.10 bits per heavy atom. The molecule has 2 aromatic carbocycles. The number of nitrogens with zero attached hydrogens (tertiary/aromatic N) is 1. The van der Waals surface area contributed by atoms with E-state index in [9.17, 15) is 4.79 Å². The van der Waals surface area contributed by atoms with Crippen molar-refractivity contribution in [2.45, 2.75) is 57.8 Å². The molecule has 160 valence electrons. The molecule has 0 heterocycles. The Morgan fingerprint density at radius 3 is 2.53 bits per heavy atom. The van der Waals surface area contributed by atoms with Crippen molar-refractivity contribution in [3.8, 4) is 5.75 Å². The molecule has 1 fully saturated rings. The van der Waals surface area contributed by atoms with Gasteiger partial charge in [0, 0.05) is 11.4 Å². The summed E-state index contributed by atoms with van der Waals surface area (Å²) in [7, 11) is 0. The van der Waals surface area contributed by atoms with Gasteiger partial charge in [-0.05, 0) is 61.4 Å². The average Bonchev–Trinajstić information content (AvgIpc) is 2.77. The third kappa shape index (κ3) is 6.75. The average molecular weight is 447 g/mol. The minimum Gasteiger partial charge on any atom is -0.492 e. The molecule has 0 radical (unpaired) electrons. The number of hydrogen-bond donors (Lipinski definition) is 1. The summed E-state index contributed by atoms with van der Waals surface area (Å²) in [5.74, 6) is 1.11. The van der Waals surface area contributed by atoms with Gasteiger partial charge in [-0.15, -0.1) is 0 Å². The van der Waals surface area contributed by atoms with Gasteiger partial charge in [0.25, 0.3) is 0 Å². The molecule has 0 aromatic heterocycles. The monoisotopic (exact) mass is 446 g/mol. The number of nitrogens with one attached hydrogen (secondary N) is 1. The van der Waals surface area contributed by atoms with Crippen LogP contribution in [0.4, 0.5) is 0 Å². The largest absolute Gasteiger partial charge is 0.492 e. The van der Waals surface area contributed by atoms with Crippen LogP contribution in [-0.2, 0) is 4.79 Å². The minimum absolute atomic E-state index is 0.140. The normalized spacial score (nSPS) is 15.1. The van der Waals surface area contributed by atoms with E-state index in [1.54, 1.807) is 18.2 Å². The van der Waals surface area contributed by atoms with Gasteiger partial charge in [0.2, 0.25) is 5.91 Å². The van der Waals surface area contributed by atoms with Crippen LogP contribution in [0, 0.1) is 0 Å². The van der Waals surface area contributed by atoms with Crippen LogP contribution in [-0.4, -0.2) is 18.2 Å². The van der Waals surface area contributed by atoms with Crippen molar-refractivity contribution in [2.24, 2.45) is 5.10 Å². The number of rotatable bonds is 8. The van der Waals surface area contributed by atoms with E-state index in [0.717, 1.165) is 11.3 Å². The van der Waals surface area contributed by atoms with Crippen molar-refractivity contribution in [1.29, 1.82) is 0 Å². The van der Waals surface area contributed by atoms with Gasteiger partial charge < -0.3 is 4.74 Å². The standard InChI is InChI=1S/C24H28Cl2N2O2/c1-17(18-9-11-20(12-10-18)19-6-3-2-4-7-19)27-28-24(29)8-5-15-30-23-14-13-21(25)16-22(23)26/h9-14,16,19H,2-8,15H2,1H3,(H,28,29)/b27-17-. The van der Waals surface area contributed by atoms with Gasteiger partial charge in [0.15, 0.2) is 0 Å². The number of benzene rings is 2. The van der Waals surface area contributed by atoms with Crippen LogP contribution in [0.2, 0.25) is 10.0 Å². The van der Waals surface area contributed by atoms with E-state index < -0.39 is 0 Å². The van der Waals surface area contributed by atoms with Gasteiger partial charge in [-0.25, -0.2) is 5.43 Å². The fraction of sp³-hybridized carbons (Fsp3) is 0.417. The first-order valence-corrected chi connectivity index (χ1v) is 11.3. The summed E-state index contributed by atoms with van der Waals surface area (Å²) in [5, 5.41) is 5.26. The van der Waals surface area contributed by atoms with E-state index in [2.05, 4.69) is 34.8 Å². The van der Waals surface area contributed by atoms with E-state index >= 15 is 0 Å². The van der Waals surface area contributed by atoms with Gasteiger partial charge in [0.1, 0.15) is 5.75 Å². The van der Waals surface area contributed by atoms with E-state index in [4.69, 9.17) is 27.9 Å². The highest BCUT2D eigenvalue weighted by molar-refractivity contribution is 6.35. The molecule has 6 heteroatoms. The molecule has 1 aliphatic carbocycles. The molecular formula is C24H28Cl2N2O2. The second-order valence-electron chi connectivity index (χ2n) is 7.72. The van der Waals surface area contributed by atoms with Crippen LogP contribution in [0.1, 0.15) is 68.9 Å². The molecule has 0 unspecified atom stereocenters. The highest BCUT2D eigenvalue weighted by Gasteiger charge is 2.15. The molecule has 1 N–H and O–H groups in total.